The third-order valence-electron chi connectivity index (χ3n) is 7.51. The summed E-state index contributed by atoms with van der Waals surface area (Å²) in [6, 6.07) is 12.6. The lowest BCUT2D eigenvalue weighted by atomic mass is 9.79. The highest BCUT2D eigenvalue weighted by atomic mass is 32.1. The molecule has 1 aromatic carbocycles. The molecule has 3 aromatic rings. The van der Waals surface area contributed by atoms with Gasteiger partial charge in [0, 0.05) is 44.9 Å². The van der Waals surface area contributed by atoms with E-state index in [0.29, 0.717) is 17.9 Å². The van der Waals surface area contributed by atoms with E-state index in [1.54, 1.807) is 0 Å². The van der Waals surface area contributed by atoms with Crippen molar-refractivity contribution in [1.29, 1.82) is 0 Å². The van der Waals surface area contributed by atoms with Crippen molar-refractivity contribution in [3.8, 4) is 0 Å². The number of para-hydroxylation sites is 1. The molecule has 2 aliphatic rings. The largest absolute Gasteiger partial charge is 0.362 e. The Morgan fingerprint density at radius 1 is 1.03 bits per heavy atom. The van der Waals surface area contributed by atoms with Gasteiger partial charge in [-0.05, 0) is 54.7 Å². The van der Waals surface area contributed by atoms with Gasteiger partial charge >= 0.3 is 0 Å². The zero-order valence-corrected chi connectivity index (χ0v) is 21.9. The number of carbonyl (C=O) groups is 2. The number of anilines is 1. The summed E-state index contributed by atoms with van der Waals surface area (Å²) in [6.07, 6.45) is 6.40. The van der Waals surface area contributed by atoms with Crippen LogP contribution < -0.4 is 15.5 Å². The summed E-state index contributed by atoms with van der Waals surface area (Å²) in [6.45, 7) is 0.724. The number of nitrogens with zero attached hydrogens (tertiary/aromatic N) is 3. The minimum Gasteiger partial charge on any atom is -0.362 e. The number of nitrogens with one attached hydrogen (secondary N) is 2. The van der Waals surface area contributed by atoms with Crippen molar-refractivity contribution in [3.63, 3.8) is 0 Å². The van der Waals surface area contributed by atoms with Crippen molar-refractivity contribution in [3.05, 3.63) is 52.5 Å². The Labute approximate surface area is 216 Å². The second-order valence-corrected chi connectivity index (χ2v) is 11.3. The minimum absolute atomic E-state index is 0.0143. The molecule has 36 heavy (non-hydrogen) atoms. The quantitative estimate of drug-likeness (QED) is 0.305. The van der Waals surface area contributed by atoms with Crippen LogP contribution >= 0.6 is 11.3 Å². The van der Waals surface area contributed by atoms with E-state index < -0.39 is 0 Å². The number of fused-ring (bicyclic) bond motifs is 1. The van der Waals surface area contributed by atoms with Gasteiger partial charge in [0.2, 0.25) is 5.91 Å². The van der Waals surface area contributed by atoms with Crippen molar-refractivity contribution in [2.45, 2.75) is 57.0 Å². The van der Waals surface area contributed by atoms with Gasteiger partial charge in [0.05, 0.1) is 16.4 Å². The number of hydrogen-bond donors (Lipinski definition) is 2. The Morgan fingerprint density at radius 2 is 1.81 bits per heavy atom. The van der Waals surface area contributed by atoms with Gasteiger partial charge < -0.3 is 15.5 Å². The third-order valence-corrected chi connectivity index (χ3v) is 8.42. The van der Waals surface area contributed by atoms with Crippen molar-refractivity contribution in [1.82, 2.24) is 20.6 Å². The van der Waals surface area contributed by atoms with Crippen LogP contribution in [0.1, 0.15) is 66.5 Å². The van der Waals surface area contributed by atoms with E-state index in [2.05, 4.69) is 27.7 Å². The number of carbonyl (C=O) groups excluding carboxylic acids is 2. The van der Waals surface area contributed by atoms with E-state index in [4.69, 9.17) is 9.97 Å². The number of rotatable bonds is 10. The summed E-state index contributed by atoms with van der Waals surface area (Å²) in [7, 11) is 4.06. The standard InChI is InChI=1S/C28H35N5O2S/c1-33(2)28-20-6-3-4-7-21(20)31-27(32-28)26-22(30-26)16-18-9-11-19(12-10-18)17-29-25(35)14-13-23(34)24-8-5-15-36-24/h3-8,15,18-19,22,26,30H,9-14,16-17H2,1-2H3,(H,29,35). The Balaban J connectivity index is 1.04. The number of ketones is 1. The van der Waals surface area contributed by atoms with Crippen LogP contribution in [0.4, 0.5) is 5.82 Å². The van der Waals surface area contributed by atoms with Crippen molar-refractivity contribution in [2.24, 2.45) is 11.8 Å². The molecule has 1 saturated carbocycles. The minimum atomic E-state index is -0.0143. The Bertz CT molecular complexity index is 1200. The maximum Gasteiger partial charge on any atom is 0.220 e. The molecule has 2 aromatic heterocycles. The van der Waals surface area contributed by atoms with Crippen LogP contribution in [0.3, 0.4) is 0 Å². The maximum atomic E-state index is 12.2. The van der Waals surface area contributed by atoms with E-state index in [0.717, 1.165) is 53.2 Å². The van der Waals surface area contributed by atoms with Crippen molar-refractivity contribution >= 4 is 39.7 Å². The lowest BCUT2D eigenvalue weighted by Crippen LogP contribution is -2.31. The molecule has 1 saturated heterocycles. The van der Waals surface area contributed by atoms with Crippen LogP contribution in [-0.2, 0) is 4.79 Å². The number of hydrogen-bond acceptors (Lipinski definition) is 7. The van der Waals surface area contributed by atoms with Gasteiger partial charge in [0.25, 0.3) is 0 Å². The first kappa shape index (κ1) is 24.8. The molecule has 0 spiro atoms. The molecule has 0 radical (unpaired) electrons. The Morgan fingerprint density at radius 3 is 2.56 bits per heavy atom. The van der Waals surface area contributed by atoms with Gasteiger partial charge in [-0.15, -0.1) is 11.3 Å². The summed E-state index contributed by atoms with van der Waals surface area (Å²) < 4.78 is 0. The van der Waals surface area contributed by atoms with E-state index in [-0.39, 0.29) is 30.6 Å². The Kier molecular flexibility index (Phi) is 7.62. The molecule has 190 valence electrons. The van der Waals surface area contributed by atoms with Crippen LogP contribution in [0, 0.1) is 11.8 Å². The number of thiophene rings is 1. The van der Waals surface area contributed by atoms with Gasteiger partial charge in [0.15, 0.2) is 5.78 Å². The zero-order valence-electron chi connectivity index (χ0n) is 21.1. The van der Waals surface area contributed by atoms with Crippen LogP contribution in [0.25, 0.3) is 10.9 Å². The molecule has 7 nitrogen and oxygen atoms in total. The molecule has 2 atom stereocenters. The third kappa shape index (κ3) is 5.93. The Hall–Kier alpha value is -2.84. The van der Waals surface area contributed by atoms with E-state index in [9.17, 15) is 9.59 Å². The summed E-state index contributed by atoms with van der Waals surface area (Å²) in [5, 5.41) is 9.65. The molecule has 1 aliphatic carbocycles. The predicted octanol–water partition coefficient (Wildman–Crippen LogP) is 4.75. The smallest absolute Gasteiger partial charge is 0.220 e. The molecule has 2 unspecified atom stereocenters. The SMILES string of the molecule is CN(C)c1nc(C2NC2CC2CCC(CNC(=O)CCC(=O)c3cccs3)CC2)nc2ccccc12. The number of benzene rings is 1. The predicted molar refractivity (Wildman–Crippen MR) is 144 cm³/mol. The lowest BCUT2D eigenvalue weighted by molar-refractivity contribution is -0.121. The van der Waals surface area contributed by atoms with Gasteiger partial charge in [-0.3, -0.25) is 9.59 Å². The zero-order chi connectivity index (χ0) is 25.1. The highest BCUT2D eigenvalue weighted by Gasteiger charge is 2.42. The second-order valence-electron chi connectivity index (χ2n) is 10.4. The molecule has 3 heterocycles. The maximum absolute atomic E-state index is 12.2. The molecule has 5 rings (SSSR count). The highest BCUT2D eigenvalue weighted by molar-refractivity contribution is 7.12. The number of Topliss-reactive ketones (excluding diaryl/α,β-unsaturated/α-hetero) is 1. The molecular weight excluding hydrogens is 470 g/mol. The molecule has 2 N–H and O–H groups in total. The van der Waals surface area contributed by atoms with E-state index >= 15 is 0 Å². The topological polar surface area (TPSA) is 97.1 Å². The lowest BCUT2D eigenvalue weighted by Gasteiger charge is -2.28. The average Bonchev–Trinajstić information content (AvgIpc) is 3.42. The normalized spacial score (nSPS) is 23.4. The van der Waals surface area contributed by atoms with Gasteiger partial charge in [-0.2, -0.15) is 0 Å². The van der Waals surface area contributed by atoms with Gasteiger partial charge in [-0.1, -0.05) is 31.0 Å². The summed E-state index contributed by atoms with van der Waals surface area (Å²) in [5.74, 6) is 3.15. The molecule has 0 bridgehead atoms. The second kappa shape index (κ2) is 11.0. The van der Waals surface area contributed by atoms with Gasteiger partial charge in [0.1, 0.15) is 11.6 Å². The molecule has 2 fully saturated rings. The molecule has 1 amide bonds. The van der Waals surface area contributed by atoms with E-state index in [1.165, 1.54) is 24.2 Å². The van der Waals surface area contributed by atoms with Crippen LogP contribution in [-0.4, -0.2) is 48.3 Å². The molecule has 8 heteroatoms. The summed E-state index contributed by atoms with van der Waals surface area (Å²) >= 11 is 1.43. The van der Waals surface area contributed by atoms with Gasteiger partial charge in [-0.25, -0.2) is 9.97 Å². The first-order chi connectivity index (χ1) is 17.5. The van der Waals surface area contributed by atoms with Crippen LogP contribution in [0.5, 0.6) is 0 Å². The van der Waals surface area contributed by atoms with Crippen LogP contribution in [0.15, 0.2) is 41.8 Å². The average molecular weight is 506 g/mol. The number of amides is 1. The first-order valence-corrected chi connectivity index (χ1v) is 13.9. The highest BCUT2D eigenvalue weighted by Crippen LogP contribution is 2.39. The molecular formula is C28H35N5O2S. The fraction of sp³-hybridized carbons (Fsp3) is 0.500. The first-order valence-electron chi connectivity index (χ1n) is 13.0. The fourth-order valence-corrected chi connectivity index (χ4v) is 6.05. The monoisotopic (exact) mass is 505 g/mol. The summed E-state index contributed by atoms with van der Waals surface area (Å²) in [4.78, 5) is 36.8. The molecule has 1 aliphatic heterocycles. The number of aromatic nitrogens is 2. The van der Waals surface area contributed by atoms with Crippen molar-refractivity contribution in [2.75, 3.05) is 25.5 Å². The van der Waals surface area contributed by atoms with Crippen LogP contribution in [0.2, 0.25) is 0 Å². The van der Waals surface area contributed by atoms with E-state index in [1.807, 2.05) is 43.7 Å². The summed E-state index contributed by atoms with van der Waals surface area (Å²) in [5.41, 5.74) is 0.997. The fourth-order valence-electron chi connectivity index (χ4n) is 5.36. The van der Waals surface area contributed by atoms with Crippen molar-refractivity contribution < 1.29 is 9.59 Å².